The molecule has 1 N–H and O–H groups in total. The molecule has 124 valence electrons. The standard InChI is InChI=1S/C18H19N3O2S/c1-13-8-10-15(11-9-13)24(22,23)20-19-18-12-14(2)16-6-4-5-7-17(16)21(18)3/h4-12,20H,1-3H3/b19-18-. The van der Waals surface area contributed by atoms with Crippen LogP contribution in [0.5, 0.6) is 0 Å². The molecule has 0 aliphatic heterocycles. The molecule has 3 rings (SSSR count). The first-order valence-electron chi connectivity index (χ1n) is 7.56. The van der Waals surface area contributed by atoms with E-state index in [0.29, 0.717) is 5.49 Å². The van der Waals surface area contributed by atoms with Gasteiger partial charge in [-0.05, 0) is 43.7 Å². The number of nitrogens with zero attached hydrogens (tertiary/aromatic N) is 2. The van der Waals surface area contributed by atoms with Gasteiger partial charge in [-0.3, -0.25) is 0 Å². The molecule has 1 aromatic heterocycles. The van der Waals surface area contributed by atoms with Crippen molar-refractivity contribution in [2.45, 2.75) is 18.7 Å². The van der Waals surface area contributed by atoms with E-state index in [2.05, 4.69) is 9.93 Å². The van der Waals surface area contributed by atoms with Crippen molar-refractivity contribution in [3.05, 3.63) is 71.2 Å². The Morgan fingerprint density at radius 2 is 1.67 bits per heavy atom. The largest absolute Gasteiger partial charge is 0.327 e. The van der Waals surface area contributed by atoms with Crippen LogP contribution < -0.4 is 10.3 Å². The Morgan fingerprint density at radius 1 is 1.00 bits per heavy atom. The minimum atomic E-state index is -3.69. The van der Waals surface area contributed by atoms with E-state index in [1.165, 1.54) is 0 Å². The molecular weight excluding hydrogens is 322 g/mol. The second kappa shape index (κ2) is 6.13. The van der Waals surface area contributed by atoms with Crippen LogP contribution in [0.15, 0.2) is 64.6 Å². The van der Waals surface area contributed by atoms with Crippen LogP contribution >= 0.6 is 0 Å². The van der Waals surface area contributed by atoms with Gasteiger partial charge < -0.3 is 4.57 Å². The monoisotopic (exact) mass is 341 g/mol. The molecule has 0 atom stereocenters. The summed E-state index contributed by atoms with van der Waals surface area (Å²) in [6.07, 6.45) is 0. The van der Waals surface area contributed by atoms with E-state index in [-0.39, 0.29) is 4.90 Å². The highest BCUT2D eigenvalue weighted by atomic mass is 32.2. The fraction of sp³-hybridized carbons (Fsp3) is 0.167. The van der Waals surface area contributed by atoms with E-state index in [9.17, 15) is 8.42 Å². The van der Waals surface area contributed by atoms with Crippen molar-refractivity contribution in [2.75, 3.05) is 0 Å². The van der Waals surface area contributed by atoms with Crippen LogP contribution in [0.1, 0.15) is 11.1 Å². The zero-order valence-corrected chi connectivity index (χ0v) is 14.6. The lowest BCUT2D eigenvalue weighted by Gasteiger charge is -2.10. The zero-order chi connectivity index (χ0) is 17.3. The zero-order valence-electron chi connectivity index (χ0n) is 13.8. The number of rotatable bonds is 3. The Morgan fingerprint density at radius 3 is 2.38 bits per heavy atom. The predicted octanol–water partition coefficient (Wildman–Crippen LogP) is 2.59. The summed E-state index contributed by atoms with van der Waals surface area (Å²) in [5.41, 5.74) is 3.58. The van der Waals surface area contributed by atoms with Crippen molar-refractivity contribution in [3.63, 3.8) is 0 Å². The number of hydrogen-bond acceptors (Lipinski definition) is 3. The van der Waals surface area contributed by atoms with E-state index in [1.54, 1.807) is 24.3 Å². The topological polar surface area (TPSA) is 63.5 Å². The summed E-state index contributed by atoms with van der Waals surface area (Å²) >= 11 is 0. The average Bonchev–Trinajstić information content (AvgIpc) is 2.57. The Kier molecular flexibility index (Phi) is 4.15. The maximum Gasteiger partial charge on any atom is 0.276 e. The summed E-state index contributed by atoms with van der Waals surface area (Å²) in [6, 6.07) is 16.5. The number of sulfonamides is 1. The predicted molar refractivity (Wildman–Crippen MR) is 94.7 cm³/mol. The average molecular weight is 341 g/mol. The number of fused-ring (bicyclic) bond motifs is 1. The lowest BCUT2D eigenvalue weighted by atomic mass is 10.1. The Labute approximate surface area is 141 Å². The number of para-hydroxylation sites is 1. The number of benzene rings is 2. The van der Waals surface area contributed by atoms with Gasteiger partial charge >= 0.3 is 0 Å². The lowest BCUT2D eigenvalue weighted by molar-refractivity contribution is 0.582. The summed E-state index contributed by atoms with van der Waals surface area (Å²) in [4.78, 5) is 2.51. The molecule has 0 spiro atoms. The second-order valence-corrected chi connectivity index (χ2v) is 7.44. The molecule has 2 aromatic carbocycles. The van der Waals surface area contributed by atoms with Crippen molar-refractivity contribution in [1.29, 1.82) is 0 Å². The molecule has 5 nitrogen and oxygen atoms in total. The van der Waals surface area contributed by atoms with E-state index in [4.69, 9.17) is 0 Å². The van der Waals surface area contributed by atoms with E-state index >= 15 is 0 Å². The van der Waals surface area contributed by atoms with Crippen LogP contribution in [-0.4, -0.2) is 13.0 Å². The molecule has 0 radical (unpaired) electrons. The summed E-state index contributed by atoms with van der Waals surface area (Å²) in [5, 5.41) is 5.22. The van der Waals surface area contributed by atoms with Crippen molar-refractivity contribution >= 4 is 20.9 Å². The van der Waals surface area contributed by atoms with E-state index < -0.39 is 10.0 Å². The second-order valence-electron chi connectivity index (χ2n) is 5.78. The minimum Gasteiger partial charge on any atom is -0.327 e. The Hall–Kier alpha value is -2.60. The molecule has 24 heavy (non-hydrogen) atoms. The molecule has 1 heterocycles. The van der Waals surface area contributed by atoms with Crippen LogP contribution in [0.2, 0.25) is 0 Å². The number of aryl methyl sites for hydroxylation is 3. The Balaban J connectivity index is 2.05. The minimum absolute atomic E-state index is 0.192. The van der Waals surface area contributed by atoms with Crippen molar-refractivity contribution in [1.82, 2.24) is 9.40 Å². The highest BCUT2D eigenvalue weighted by molar-refractivity contribution is 7.89. The molecule has 0 saturated heterocycles. The van der Waals surface area contributed by atoms with Crippen LogP contribution in [0.25, 0.3) is 10.9 Å². The molecule has 0 unspecified atom stereocenters. The third kappa shape index (κ3) is 3.05. The first-order valence-corrected chi connectivity index (χ1v) is 9.04. The lowest BCUT2D eigenvalue weighted by Crippen LogP contribution is -2.26. The molecule has 3 aromatic rings. The van der Waals surface area contributed by atoms with Gasteiger partial charge in [0.15, 0.2) is 5.49 Å². The summed E-state index contributed by atoms with van der Waals surface area (Å²) in [7, 11) is -1.83. The van der Waals surface area contributed by atoms with Crippen molar-refractivity contribution < 1.29 is 8.42 Å². The van der Waals surface area contributed by atoms with E-state index in [0.717, 1.165) is 22.0 Å². The first kappa shape index (κ1) is 16.3. The number of nitrogens with one attached hydrogen (secondary N) is 1. The van der Waals surface area contributed by atoms with Gasteiger partial charge in [0.1, 0.15) is 0 Å². The fourth-order valence-electron chi connectivity index (χ4n) is 2.58. The van der Waals surface area contributed by atoms with Gasteiger partial charge in [0.05, 0.1) is 4.90 Å². The van der Waals surface area contributed by atoms with Gasteiger partial charge in [-0.2, -0.15) is 13.2 Å². The SMILES string of the molecule is Cc1ccc(S(=O)(=O)N/N=c2/cc(C)c3ccccc3n2C)cc1. The van der Waals surface area contributed by atoms with Crippen molar-refractivity contribution in [3.8, 4) is 0 Å². The van der Waals surface area contributed by atoms with Gasteiger partial charge in [0.2, 0.25) is 0 Å². The molecule has 0 aliphatic rings. The smallest absolute Gasteiger partial charge is 0.276 e. The molecular formula is C18H19N3O2S. The third-order valence-corrected chi connectivity index (χ3v) is 5.22. The summed E-state index contributed by atoms with van der Waals surface area (Å²) < 4.78 is 26.6. The quantitative estimate of drug-likeness (QED) is 0.744. The normalized spacial score (nSPS) is 12.5. The Bertz CT molecular complexity index is 1070. The van der Waals surface area contributed by atoms with Crippen LogP contribution in [0, 0.1) is 13.8 Å². The number of hydrogen-bond donors (Lipinski definition) is 1. The summed E-state index contributed by atoms with van der Waals surface area (Å²) in [6.45, 7) is 3.89. The molecule has 0 saturated carbocycles. The molecule has 0 amide bonds. The van der Waals surface area contributed by atoms with Crippen LogP contribution in [0.3, 0.4) is 0 Å². The van der Waals surface area contributed by atoms with Gasteiger partial charge in [0, 0.05) is 18.0 Å². The van der Waals surface area contributed by atoms with E-state index in [1.807, 2.05) is 55.8 Å². The maximum atomic E-state index is 12.4. The molecule has 0 aliphatic carbocycles. The summed E-state index contributed by atoms with van der Waals surface area (Å²) in [5.74, 6) is 0. The van der Waals surface area contributed by atoms with Crippen molar-refractivity contribution in [2.24, 2.45) is 12.1 Å². The van der Waals surface area contributed by atoms with Gasteiger partial charge in [-0.1, -0.05) is 35.9 Å². The van der Waals surface area contributed by atoms with Crippen LogP contribution in [-0.2, 0) is 17.1 Å². The molecule has 0 fully saturated rings. The first-order chi connectivity index (χ1) is 11.4. The highest BCUT2D eigenvalue weighted by Crippen LogP contribution is 2.15. The maximum absolute atomic E-state index is 12.4. The number of pyridine rings is 1. The number of aromatic nitrogens is 1. The van der Waals surface area contributed by atoms with Crippen LogP contribution in [0.4, 0.5) is 0 Å². The molecule has 6 heteroatoms. The third-order valence-electron chi connectivity index (χ3n) is 3.99. The highest BCUT2D eigenvalue weighted by Gasteiger charge is 2.12. The van der Waals surface area contributed by atoms with Gasteiger partial charge in [-0.25, -0.2) is 0 Å². The fourth-order valence-corrected chi connectivity index (χ4v) is 3.39. The van der Waals surface area contributed by atoms with Gasteiger partial charge in [0.25, 0.3) is 10.0 Å². The molecule has 0 bridgehead atoms. The van der Waals surface area contributed by atoms with Gasteiger partial charge in [-0.15, -0.1) is 5.10 Å².